The number of para-hydroxylation sites is 1. The number of carbonyl (C=O) groups is 1. The molecule has 0 radical (unpaired) electrons. The van der Waals surface area contributed by atoms with Crippen LogP contribution in [0.25, 0.3) is 10.2 Å². The molecule has 0 saturated carbocycles. The lowest BCUT2D eigenvalue weighted by Crippen LogP contribution is -2.33. The van der Waals surface area contributed by atoms with Gasteiger partial charge in [0.05, 0.1) is 10.2 Å². The summed E-state index contributed by atoms with van der Waals surface area (Å²) in [5.74, 6) is -2.63. The van der Waals surface area contributed by atoms with Gasteiger partial charge in [0.2, 0.25) is 5.13 Å². The van der Waals surface area contributed by atoms with Gasteiger partial charge < -0.3 is 5.41 Å². The van der Waals surface area contributed by atoms with Crippen LogP contribution in [0.2, 0.25) is 0 Å². The molecule has 1 aliphatic heterocycles. The SMILES string of the molecule is N=C[C@@H]1C(=O)N(c2nc3ccccc3s2)N=C1C(F)(F)F. The van der Waals surface area contributed by atoms with Crippen LogP contribution in [0.1, 0.15) is 0 Å². The van der Waals surface area contributed by atoms with E-state index in [1.807, 2.05) is 0 Å². The normalized spacial score (nSPS) is 19.2. The molecule has 0 saturated heterocycles. The van der Waals surface area contributed by atoms with Crippen molar-refractivity contribution in [2.75, 3.05) is 5.01 Å². The van der Waals surface area contributed by atoms with E-state index in [1.54, 1.807) is 24.3 Å². The number of nitrogens with one attached hydrogen (secondary N) is 1. The highest BCUT2D eigenvalue weighted by Crippen LogP contribution is 2.35. The summed E-state index contributed by atoms with van der Waals surface area (Å²) in [4.78, 5) is 16.1. The number of fused-ring (bicyclic) bond motifs is 1. The van der Waals surface area contributed by atoms with Gasteiger partial charge >= 0.3 is 6.18 Å². The summed E-state index contributed by atoms with van der Waals surface area (Å²) >= 11 is 1.07. The fourth-order valence-corrected chi connectivity index (χ4v) is 2.86. The van der Waals surface area contributed by atoms with Crippen molar-refractivity contribution in [3.63, 3.8) is 0 Å². The van der Waals surface area contributed by atoms with Crippen molar-refractivity contribution in [2.24, 2.45) is 11.0 Å². The summed E-state index contributed by atoms with van der Waals surface area (Å²) in [5, 5.41) is 11.1. The molecule has 2 aromatic rings. The molecule has 5 nitrogen and oxygen atoms in total. The number of thiazole rings is 1. The molecule has 1 aliphatic rings. The molecule has 3 rings (SSSR count). The summed E-state index contributed by atoms with van der Waals surface area (Å²) in [5.41, 5.74) is -0.714. The van der Waals surface area contributed by atoms with E-state index in [2.05, 4.69) is 10.1 Å². The molecule has 0 aliphatic carbocycles. The van der Waals surface area contributed by atoms with Crippen molar-refractivity contribution in [2.45, 2.75) is 6.18 Å². The van der Waals surface area contributed by atoms with E-state index in [9.17, 15) is 18.0 Å². The van der Waals surface area contributed by atoms with Crippen LogP contribution < -0.4 is 5.01 Å². The van der Waals surface area contributed by atoms with Gasteiger partial charge in [0.25, 0.3) is 5.91 Å². The third-order valence-corrected chi connectivity index (χ3v) is 3.91. The smallest absolute Gasteiger partial charge is 0.312 e. The molecule has 1 atom stereocenters. The van der Waals surface area contributed by atoms with Crippen LogP contribution in [0, 0.1) is 11.3 Å². The lowest BCUT2D eigenvalue weighted by Gasteiger charge is -2.08. The third-order valence-electron chi connectivity index (χ3n) is 2.90. The molecule has 2 heterocycles. The molecule has 0 unspecified atom stereocenters. The van der Waals surface area contributed by atoms with E-state index in [1.165, 1.54) is 0 Å². The summed E-state index contributed by atoms with van der Waals surface area (Å²) in [7, 11) is 0. The van der Waals surface area contributed by atoms with Gasteiger partial charge in [0.1, 0.15) is 5.92 Å². The number of aromatic nitrogens is 1. The quantitative estimate of drug-likeness (QED) is 0.866. The van der Waals surface area contributed by atoms with Gasteiger partial charge in [0, 0.05) is 6.21 Å². The van der Waals surface area contributed by atoms with Crippen LogP contribution in [0.3, 0.4) is 0 Å². The molecule has 21 heavy (non-hydrogen) atoms. The van der Waals surface area contributed by atoms with E-state index < -0.39 is 23.7 Å². The number of rotatable bonds is 2. The van der Waals surface area contributed by atoms with Crippen LogP contribution in [0.15, 0.2) is 29.4 Å². The van der Waals surface area contributed by atoms with E-state index in [0.29, 0.717) is 16.7 Å². The average molecular weight is 312 g/mol. The summed E-state index contributed by atoms with van der Waals surface area (Å²) in [6.45, 7) is 0. The number of benzene rings is 1. The van der Waals surface area contributed by atoms with Crippen LogP contribution >= 0.6 is 11.3 Å². The zero-order valence-corrected chi connectivity index (χ0v) is 11.1. The van der Waals surface area contributed by atoms with E-state index in [0.717, 1.165) is 16.0 Å². The molecule has 1 N–H and O–H groups in total. The highest BCUT2D eigenvalue weighted by molar-refractivity contribution is 7.22. The van der Waals surface area contributed by atoms with E-state index >= 15 is 0 Å². The fraction of sp³-hybridized carbons (Fsp3) is 0.167. The predicted octanol–water partition coefficient (Wildman–Crippen LogP) is 2.83. The Bertz CT molecular complexity index is 734. The van der Waals surface area contributed by atoms with Gasteiger partial charge in [-0.25, -0.2) is 4.98 Å². The first-order valence-corrected chi connectivity index (χ1v) is 6.59. The summed E-state index contributed by atoms with van der Waals surface area (Å²) in [6.07, 6.45) is -4.31. The zero-order valence-electron chi connectivity index (χ0n) is 10.3. The lowest BCUT2D eigenvalue weighted by atomic mass is 10.1. The number of anilines is 1. The maximum atomic E-state index is 12.8. The Morgan fingerprint density at radius 2 is 2.05 bits per heavy atom. The van der Waals surface area contributed by atoms with Crippen molar-refractivity contribution in [3.05, 3.63) is 24.3 Å². The number of carbonyl (C=O) groups excluding carboxylic acids is 1. The fourth-order valence-electron chi connectivity index (χ4n) is 1.94. The maximum Gasteiger partial charge on any atom is 0.432 e. The molecule has 9 heteroatoms. The number of hydrazone groups is 1. The van der Waals surface area contributed by atoms with Crippen LogP contribution in [0.4, 0.5) is 18.3 Å². The van der Waals surface area contributed by atoms with Crippen molar-refractivity contribution in [3.8, 4) is 0 Å². The Morgan fingerprint density at radius 3 is 2.62 bits per heavy atom. The number of hydrogen-bond donors (Lipinski definition) is 1. The Labute approximate surface area is 120 Å². The maximum absolute atomic E-state index is 12.8. The van der Waals surface area contributed by atoms with Crippen molar-refractivity contribution in [1.29, 1.82) is 5.41 Å². The second kappa shape index (κ2) is 4.62. The third kappa shape index (κ3) is 2.19. The second-order valence-electron chi connectivity index (χ2n) is 4.24. The Hall–Kier alpha value is -2.29. The monoisotopic (exact) mass is 312 g/mol. The molecular weight excluding hydrogens is 305 g/mol. The minimum atomic E-state index is -4.76. The van der Waals surface area contributed by atoms with Crippen molar-refractivity contribution < 1.29 is 18.0 Å². The number of halogens is 3. The highest BCUT2D eigenvalue weighted by atomic mass is 32.1. The first-order chi connectivity index (χ1) is 9.91. The van der Waals surface area contributed by atoms with E-state index in [-0.39, 0.29) is 5.13 Å². The van der Waals surface area contributed by atoms with Gasteiger partial charge in [-0.15, -0.1) is 0 Å². The first-order valence-electron chi connectivity index (χ1n) is 5.77. The zero-order chi connectivity index (χ0) is 15.2. The first kappa shape index (κ1) is 13.7. The average Bonchev–Trinajstić information content (AvgIpc) is 2.98. The molecule has 0 spiro atoms. The molecule has 1 aromatic heterocycles. The number of alkyl halides is 3. The summed E-state index contributed by atoms with van der Waals surface area (Å²) < 4.78 is 39.2. The number of nitrogens with zero attached hydrogens (tertiary/aromatic N) is 3. The van der Waals surface area contributed by atoms with Crippen molar-refractivity contribution >= 4 is 44.5 Å². The van der Waals surface area contributed by atoms with Gasteiger partial charge in [0.15, 0.2) is 5.71 Å². The van der Waals surface area contributed by atoms with Crippen LogP contribution in [0.5, 0.6) is 0 Å². The van der Waals surface area contributed by atoms with Crippen LogP contribution in [-0.4, -0.2) is 29.0 Å². The minimum Gasteiger partial charge on any atom is -0.312 e. The number of hydrogen-bond acceptors (Lipinski definition) is 5. The Morgan fingerprint density at radius 1 is 1.33 bits per heavy atom. The standard InChI is InChI=1S/C12H7F3N4OS/c13-12(14,15)9-6(5-16)10(20)19(18-9)11-17-7-3-1-2-4-8(7)21-11/h1-6,16H/t6-/m0/s1. The van der Waals surface area contributed by atoms with E-state index in [4.69, 9.17) is 5.41 Å². The lowest BCUT2D eigenvalue weighted by molar-refractivity contribution is -0.119. The van der Waals surface area contributed by atoms with Gasteiger partial charge in [-0.2, -0.15) is 23.3 Å². The molecule has 108 valence electrons. The second-order valence-corrected chi connectivity index (χ2v) is 5.25. The van der Waals surface area contributed by atoms with Crippen LogP contribution in [-0.2, 0) is 4.79 Å². The Balaban J connectivity index is 2.07. The molecular formula is C12H7F3N4OS. The molecule has 1 amide bonds. The van der Waals surface area contributed by atoms with Gasteiger partial charge in [-0.3, -0.25) is 4.79 Å². The largest absolute Gasteiger partial charge is 0.432 e. The molecule has 1 aromatic carbocycles. The molecule has 0 bridgehead atoms. The summed E-state index contributed by atoms with van der Waals surface area (Å²) in [6, 6.07) is 6.95. The minimum absolute atomic E-state index is 0.0623. The molecule has 0 fully saturated rings. The highest BCUT2D eigenvalue weighted by Gasteiger charge is 2.50. The van der Waals surface area contributed by atoms with Gasteiger partial charge in [-0.05, 0) is 12.1 Å². The number of amides is 1. The van der Waals surface area contributed by atoms with Crippen molar-refractivity contribution in [1.82, 2.24) is 4.98 Å². The topological polar surface area (TPSA) is 69.4 Å². The Kier molecular flexibility index (Phi) is 3.01. The predicted molar refractivity (Wildman–Crippen MR) is 72.9 cm³/mol. The van der Waals surface area contributed by atoms with Gasteiger partial charge in [-0.1, -0.05) is 23.5 Å².